The summed E-state index contributed by atoms with van der Waals surface area (Å²) in [5.74, 6) is 0. The average Bonchev–Trinajstić information content (AvgIpc) is 2.59. The minimum atomic E-state index is -0.289. The Morgan fingerprint density at radius 3 is 2.82 bits per heavy atom. The van der Waals surface area contributed by atoms with E-state index in [2.05, 4.69) is 10.1 Å². The van der Waals surface area contributed by atoms with Gasteiger partial charge in [0.2, 0.25) is 0 Å². The summed E-state index contributed by atoms with van der Waals surface area (Å²) in [5.41, 5.74) is 1.38. The number of halogens is 1. The van der Waals surface area contributed by atoms with E-state index < -0.39 is 0 Å². The van der Waals surface area contributed by atoms with Crippen molar-refractivity contribution in [1.29, 1.82) is 0 Å². The number of aromatic nitrogens is 4. The molecule has 6 heteroatoms. The normalized spacial score (nSPS) is 10.8. The van der Waals surface area contributed by atoms with E-state index in [-0.39, 0.29) is 5.69 Å². The highest BCUT2D eigenvalue weighted by Gasteiger charge is 2.13. The van der Waals surface area contributed by atoms with Gasteiger partial charge in [0.25, 0.3) is 0 Å². The molecule has 0 spiro atoms. The molecule has 0 aliphatic rings. The van der Waals surface area contributed by atoms with E-state index in [0.717, 1.165) is 17.8 Å². The zero-order valence-corrected chi connectivity index (χ0v) is 10.5. The number of rotatable bonds is 3. The zero-order chi connectivity index (χ0) is 12.4. The Hall–Kier alpha value is -1.62. The monoisotopic (exact) mass is 252 g/mol. The molecule has 0 aliphatic carbocycles. The number of nitrogens with zero attached hydrogens (tertiary/aromatic N) is 4. The molecule has 90 valence electrons. The van der Waals surface area contributed by atoms with E-state index in [1.807, 2.05) is 14.0 Å². The molecule has 2 heterocycles. The standard InChI is InChI=1S/C11H13ClN4O/c1-3-8-10(12)9(15(2)14-8)7-16-6-4-5-13-11(16)17/h4-6H,3,7H2,1-2H3. The van der Waals surface area contributed by atoms with Crippen LogP contribution in [-0.2, 0) is 20.0 Å². The Balaban J connectivity index is 2.40. The second kappa shape index (κ2) is 4.71. The van der Waals surface area contributed by atoms with Crippen molar-refractivity contribution in [3.63, 3.8) is 0 Å². The molecule has 0 N–H and O–H groups in total. The Morgan fingerprint density at radius 2 is 2.24 bits per heavy atom. The summed E-state index contributed by atoms with van der Waals surface area (Å²) in [6, 6.07) is 1.71. The lowest BCUT2D eigenvalue weighted by Crippen LogP contribution is -2.23. The first-order chi connectivity index (χ1) is 8.13. The Labute approximate surface area is 104 Å². The van der Waals surface area contributed by atoms with Crippen molar-refractivity contribution in [2.75, 3.05) is 0 Å². The molecule has 0 radical (unpaired) electrons. The van der Waals surface area contributed by atoms with E-state index in [1.165, 1.54) is 10.8 Å². The summed E-state index contributed by atoms with van der Waals surface area (Å²) in [4.78, 5) is 15.2. The molecule has 0 saturated carbocycles. The van der Waals surface area contributed by atoms with Gasteiger partial charge < -0.3 is 0 Å². The van der Waals surface area contributed by atoms with Crippen molar-refractivity contribution in [2.45, 2.75) is 19.9 Å². The topological polar surface area (TPSA) is 52.7 Å². The van der Waals surface area contributed by atoms with E-state index in [0.29, 0.717) is 11.6 Å². The van der Waals surface area contributed by atoms with E-state index >= 15 is 0 Å². The van der Waals surface area contributed by atoms with Gasteiger partial charge in [0.1, 0.15) is 0 Å². The minimum absolute atomic E-state index is 0.289. The van der Waals surface area contributed by atoms with Crippen LogP contribution in [0.5, 0.6) is 0 Å². The fraction of sp³-hybridized carbons (Fsp3) is 0.364. The predicted molar refractivity (Wildman–Crippen MR) is 65.2 cm³/mol. The van der Waals surface area contributed by atoms with E-state index in [1.54, 1.807) is 16.9 Å². The molecule has 0 aromatic carbocycles. The third-order valence-electron chi connectivity index (χ3n) is 2.61. The summed E-state index contributed by atoms with van der Waals surface area (Å²) in [7, 11) is 1.82. The van der Waals surface area contributed by atoms with Crippen LogP contribution in [0.1, 0.15) is 18.3 Å². The van der Waals surface area contributed by atoms with Gasteiger partial charge in [-0.15, -0.1) is 0 Å². The van der Waals surface area contributed by atoms with Crippen LogP contribution >= 0.6 is 11.6 Å². The molecular weight excluding hydrogens is 240 g/mol. The third-order valence-corrected chi connectivity index (χ3v) is 3.04. The van der Waals surface area contributed by atoms with Crippen molar-refractivity contribution in [2.24, 2.45) is 7.05 Å². The Bertz CT molecular complexity index is 587. The molecule has 2 aromatic rings. The first-order valence-corrected chi connectivity index (χ1v) is 5.73. The molecule has 0 fully saturated rings. The van der Waals surface area contributed by atoms with E-state index in [9.17, 15) is 4.79 Å². The van der Waals surface area contributed by atoms with Crippen LogP contribution in [0, 0.1) is 0 Å². The fourth-order valence-corrected chi connectivity index (χ4v) is 2.01. The maximum Gasteiger partial charge on any atom is 0.347 e. The van der Waals surface area contributed by atoms with Gasteiger partial charge in [-0.3, -0.25) is 9.25 Å². The van der Waals surface area contributed by atoms with Crippen molar-refractivity contribution < 1.29 is 0 Å². The van der Waals surface area contributed by atoms with Gasteiger partial charge in [0.15, 0.2) is 0 Å². The average molecular weight is 253 g/mol. The maximum absolute atomic E-state index is 11.5. The number of hydrogen-bond acceptors (Lipinski definition) is 3. The Morgan fingerprint density at radius 1 is 1.47 bits per heavy atom. The van der Waals surface area contributed by atoms with Gasteiger partial charge >= 0.3 is 5.69 Å². The van der Waals surface area contributed by atoms with Crippen molar-refractivity contribution in [3.8, 4) is 0 Å². The molecule has 2 rings (SSSR count). The van der Waals surface area contributed by atoms with Crippen LogP contribution in [-0.4, -0.2) is 19.3 Å². The van der Waals surface area contributed by atoms with Crippen LogP contribution in [0.4, 0.5) is 0 Å². The lowest BCUT2D eigenvalue weighted by atomic mass is 10.3. The second-order valence-corrected chi connectivity index (χ2v) is 4.09. The van der Waals surface area contributed by atoms with Crippen LogP contribution in [0.25, 0.3) is 0 Å². The Kier molecular flexibility index (Phi) is 3.28. The van der Waals surface area contributed by atoms with Crippen LogP contribution in [0.2, 0.25) is 5.02 Å². The smallest absolute Gasteiger partial charge is 0.293 e. The van der Waals surface area contributed by atoms with Crippen molar-refractivity contribution in [1.82, 2.24) is 19.3 Å². The highest BCUT2D eigenvalue weighted by Crippen LogP contribution is 2.21. The van der Waals surface area contributed by atoms with Gasteiger partial charge in [0, 0.05) is 19.4 Å². The van der Waals surface area contributed by atoms with Gasteiger partial charge in [-0.1, -0.05) is 18.5 Å². The largest absolute Gasteiger partial charge is 0.347 e. The molecule has 17 heavy (non-hydrogen) atoms. The van der Waals surface area contributed by atoms with Gasteiger partial charge in [-0.05, 0) is 12.5 Å². The van der Waals surface area contributed by atoms with Crippen molar-refractivity contribution >= 4 is 11.6 Å². The first-order valence-electron chi connectivity index (χ1n) is 5.35. The second-order valence-electron chi connectivity index (χ2n) is 3.71. The fourth-order valence-electron chi connectivity index (χ4n) is 1.66. The van der Waals surface area contributed by atoms with Gasteiger partial charge in [0.05, 0.1) is 23.0 Å². The SMILES string of the molecule is CCc1nn(C)c(Cn2cccnc2=O)c1Cl. The van der Waals surface area contributed by atoms with Crippen LogP contribution in [0.3, 0.4) is 0 Å². The van der Waals surface area contributed by atoms with Gasteiger partial charge in [-0.25, -0.2) is 9.78 Å². The highest BCUT2D eigenvalue weighted by molar-refractivity contribution is 6.31. The molecule has 2 aromatic heterocycles. The summed E-state index contributed by atoms with van der Waals surface area (Å²) in [5, 5.41) is 4.93. The maximum atomic E-state index is 11.5. The highest BCUT2D eigenvalue weighted by atomic mass is 35.5. The first kappa shape index (κ1) is 11.9. The lowest BCUT2D eigenvalue weighted by molar-refractivity contribution is 0.639. The summed E-state index contributed by atoms with van der Waals surface area (Å²) < 4.78 is 3.21. The molecule has 0 amide bonds. The summed E-state index contributed by atoms with van der Waals surface area (Å²) in [6.45, 7) is 2.38. The molecule has 0 bridgehead atoms. The minimum Gasteiger partial charge on any atom is -0.293 e. The quantitative estimate of drug-likeness (QED) is 0.826. The zero-order valence-electron chi connectivity index (χ0n) is 9.72. The lowest BCUT2D eigenvalue weighted by Gasteiger charge is -2.05. The molecule has 0 saturated heterocycles. The van der Waals surface area contributed by atoms with Crippen LogP contribution in [0.15, 0.2) is 23.3 Å². The number of hydrogen-bond donors (Lipinski definition) is 0. The predicted octanol–water partition coefficient (Wildman–Crippen LogP) is 1.24. The summed E-state index contributed by atoms with van der Waals surface area (Å²) in [6.07, 6.45) is 3.93. The van der Waals surface area contributed by atoms with Crippen molar-refractivity contribution in [3.05, 3.63) is 45.4 Å². The number of aryl methyl sites for hydroxylation is 2. The third kappa shape index (κ3) is 2.24. The molecule has 0 atom stereocenters. The van der Waals surface area contributed by atoms with Gasteiger partial charge in [-0.2, -0.15) is 5.10 Å². The molecular formula is C11H13ClN4O. The summed E-state index contributed by atoms with van der Waals surface area (Å²) >= 11 is 6.21. The molecule has 0 unspecified atom stereocenters. The van der Waals surface area contributed by atoms with E-state index in [4.69, 9.17) is 11.6 Å². The molecule has 0 aliphatic heterocycles. The van der Waals surface area contributed by atoms with Crippen LogP contribution < -0.4 is 5.69 Å². The molecule has 5 nitrogen and oxygen atoms in total.